The third kappa shape index (κ3) is 4.24. The number of carbonyl (C=O) groups is 2. The SMILES string of the molecule is COC(=O)OC1(C)CC(O)C2C(C(=O)OC)=COC(OC3OC(C)C(C)C(O)C3O)C21. The predicted octanol–water partition coefficient (Wildman–Crippen LogP) is 0.0576. The van der Waals surface area contributed by atoms with Gasteiger partial charge < -0.3 is 43.7 Å². The van der Waals surface area contributed by atoms with Crippen molar-refractivity contribution >= 4 is 12.1 Å². The molecule has 0 radical (unpaired) electrons. The van der Waals surface area contributed by atoms with Gasteiger partial charge in [-0.25, -0.2) is 9.59 Å². The average molecular weight is 446 g/mol. The van der Waals surface area contributed by atoms with Gasteiger partial charge in [0.05, 0.1) is 50.3 Å². The Morgan fingerprint density at radius 2 is 1.77 bits per heavy atom. The summed E-state index contributed by atoms with van der Waals surface area (Å²) in [5, 5.41) is 31.5. The Labute approximate surface area is 179 Å². The van der Waals surface area contributed by atoms with Crippen LogP contribution in [0, 0.1) is 17.8 Å². The Morgan fingerprint density at radius 3 is 2.39 bits per heavy atom. The molecule has 3 N–H and O–H groups in total. The molecule has 3 rings (SSSR count). The molecule has 0 aromatic heterocycles. The maximum Gasteiger partial charge on any atom is 0.508 e. The molecule has 31 heavy (non-hydrogen) atoms. The number of fused-ring (bicyclic) bond motifs is 1. The second-order valence-corrected chi connectivity index (χ2v) is 8.45. The van der Waals surface area contributed by atoms with Gasteiger partial charge in [0, 0.05) is 18.3 Å². The molecular formula is C20H30O11. The third-order valence-electron chi connectivity index (χ3n) is 6.53. The maximum atomic E-state index is 12.3. The summed E-state index contributed by atoms with van der Waals surface area (Å²) in [6.07, 6.45) is -6.27. The number of methoxy groups -OCH3 is 2. The summed E-state index contributed by atoms with van der Waals surface area (Å²) in [6.45, 7) is 5.04. The number of hydrogen-bond donors (Lipinski definition) is 3. The first-order valence-electron chi connectivity index (χ1n) is 10.1. The van der Waals surface area contributed by atoms with Gasteiger partial charge in [0.2, 0.25) is 6.29 Å². The monoisotopic (exact) mass is 446 g/mol. The molecule has 2 heterocycles. The van der Waals surface area contributed by atoms with E-state index >= 15 is 0 Å². The summed E-state index contributed by atoms with van der Waals surface area (Å²) in [5.74, 6) is -2.75. The Morgan fingerprint density at radius 1 is 1.10 bits per heavy atom. The number of hydrogen-bond acceptors (Lipinski definition) is 11. The molecule has 3 aliphatic rings. The standard InChI is InChI=1S/C20H30O11/c1-8-9(2)29-18(15(23)14(8)22)30-17-13-12(10(7-28-17)16(24)26-4)11(21)6-20(13,3)31-19(25)27-5/h7-9,11-15,17-18,21-23H,6H2,1-5H3. The minimum atomic E-state index is -1.36. The highest BCUT2D eigenvalue weighted by molar-refractivity contribution is 5.89. The van der Waals surface area contributed by atoms with E-state index < -0.39 is 66.6 Å². The van der Waals surface area contributed by atoms with Crippen LogP contribution in [0.5, 0.6) is 0 Å². The molecule has 10 unspecified atom stereocenters. The lowest BCUT2D eigenvalue weighted by molar-refractivity contribution is -0.335. The Hall–Kier alpha value is -1.92. The molecular weight excluding hydrogens is 416 g/mol. The van der Waals surface area contributed by atoms with E-state index in [0.29, 0.717) is 0 Å². The molecule has 1 saturated heterocycles. The van der Waals surface area contributed by atoms with E-state index in [4.69, 9.17) is 23.7 Å². The zero-order valence-electron chi connectivity index (χ0n) is 18.1. The van der Waals surface area contributed by atoms with Crippen molar-refractivity contribution in [3.63, 3.8) is 0 Å². The van der Waals surface area contributed by atoms with Crippen LogP contribution in [0.1, 0.15) is 27.2 Å². The summed E-state index contributed by atoms with van der Waals surface area (Å²) < 4.78 is 32.0. The van der Waals surface area contributed by atoms with Crippen LogP contribution in [0.25, 0.3) is 0 Å². The Bertz CT molecular complexity index is 724. The number of aliphatic hydroxyl groups excluding tert-OH is 3. The topological polar surface area (TPSA) is 150 Å². The molecule has 1 saturated carbocycles. The molecule has 0 bridgehead atoms. The van der Waals surface area contributed by atoms with Crippen molar-refractivity contribution in [2.45, 2.75) is 69.8 Å². The zero-order chi connectivity index (χ0) is 23.1. The van der Waals surface area contributed by atoms with Crippen LogP contribution < -0.4 is 0 Å². The third-order valence-corrected chi connectivity index (χ3v) is 6.53. The fourth-order valence-electron chi connectivity index (χ4n) is 4.63. The van der Waals surface area contributed by atoms with Crippen LogP contribution in [0.2, 0.25) is 0 Å². The quantitative estimate of drug-likeness (QED) is 0.503. The van der Waals surface area contributed by atoms with E-state index in [2.05, 4.69) is 4.74 Å². The zero-order valence-corrected chi connectivity index (χ0v) is 18.1. The molecule has 1 aliphatic carbocycles. The van der Waals surface area contributed by atoms with Crippen LogP contribution in [-0.4, -0.2) is 84.3 Å². The van der Waals surface area contributed by atoms with Crippen molar-refractivity contribution in [3.05, 3.63) is 11.8 Å². The van der Waals surface area contributed by atoms with Gasteiger partial charge in [0.25, 0.3) is 0 Å². The molecule has 11 nitrogen and oxygen atoms in total. The van der Waals surface area contributed by atoms with Crippen LogP contribution in [0.4, 0.5) is 4.79 Å². The second-order valence-electron chi connectivity index (χ2n) is 8.45. The van der Waals surface area contributed by atoms with Gasteiger partial charge in [0.1, 0.15) is 11.7 Å². The maximum absolute atomic E-state index is 12.3. The average Bonchev–Trinajstić information content (AvgIpc) is 3.00. The molecule has 0 aromatic carbocycles. The lowest BCUT2D eigenvalue weighted by atomic mass is 9.80. The molecule has 11 heteroatoms. The number of rotatable bonds is 4. The smallest absolute Gasteiger partial charge is 0.471 e. The van der Waals surface area contributed by atoms with Gasteiger partial charge >= 0.3 is 12.1 Å². The van der Waals surface area contributed by atoms with Crippen LogP contribution in [-0.2, 0) is 33.2 Å². The fourth-order valence-corrected chi connectivity index (χ4v) is 4.63. The fraction of sp³-hybridized carbons (Fsp3) is 0.800. The van der Waals surface area contributed by atoms with Crippen molar-refractivity contribution in [1.29, 1.82) is 0 Å². The van der Waals surface area contributed by atoms with Crippen molar-refractivity contribution in [1.82, 2.24) is 0 Å². The largest absolute Gasteiger partial charge is 0.508 e. The minimum absolute atomic E-state index is 0.0286. The molecule has 0 spiro atoms. The van der Waals surface area contributed by atoms with Gasteiger partial charge in [-0.1, -0.05) is 6.92 Å². The number of ether oxygens (including phenoxy) is 6. The highest BCUT2D eigenvalue weighted by Gasteiger charge is 2.62. The van der Waals surface area contributed by atoms with Crippen molar-refractivity contribution in [3.8, 4) is 0 Å². The van der Waals surface area contributed by atoms with Crippen LogP contribution in [0.15, 0.2) is 11.8 Å². The van der Waals surface area contributed by atoms with E-state index in [9.17, 15) is 24.9 Å². The highest BCUT2D eigenvalue weighted by Crippen LogP contribution is 2.51. The normalized spacial score (nSPS) is 44.5. The van der Waals surface area contributed by atoms with Crippen molar-refractivity contribution in [2.75, 3.05) is 14.2 Å². The van der Waals surface area contributed by atoms with Gasteiger partial charge in [-0.2, -0.15) is 0 Å². The van der Waals surface area contributed by atoms with Gasteiger partial charge in [-0.3, -0.25) is 0 Å². The molecule has 2 fully saturated rings. The van der Waals surface area contributed by atoms with E-state index in [0.717, 1.165) is 13.4 Å². The summed E-state index contributed by atoms with van der Waals surface area (Å²) in [6, 6.07) is 0. The molecule has 2 aliphatic heterocycles. The van der Waals surface area contributed by atoms with E-state index in [-0.39, 0.29) is 17.9 Å². The number of carbonyl (C=O) groups excluding carboxylic acids is 2. The summed E-state index contributed by atoms with van der Waals surface area (Å²) in [4.78, 5) is 24.1. The first-order valence-corrected chi connectivity index (χ1v) is 10.1. The highest BCUT2D eigenvalue weighted by atomic mass is 16.8. The first kappa shape index (κ1) is 23.7. The molecule has 176 valence electrons. The van der Waals surface area contributed by atoms with Gasteiger partial charge in [0.15, 0.2) is 6.29 Å². The first-order chi connectivity index (χ1) is 14.5. The lowest BCUT2D eigenvalue weighted by Gasteiger charge is -2.44. The number of aliphatic hydroxyl groups is 3. The Balaban J connectivity index is 1.93. The lowest BCUT2D eigenvalue weighted by Crippen LogP contribution is -2.57. The van der Waals surface area contributed by atoms with Gasteiger partial charge in [-0.15, -0.1) is 0 Å². The molecule has 0 amide bonds. The Kier molecular flexibility index (Phi) is 6.82. The van der Waals surface area contributed by atoms with Crippen molar-refractivity contribution < 1.29 is 53.3 Å². The van der Waals surface area contributed by atoms with E-state index in [1.165, 1.54) is 7.11 Å². The summed E-state index contributed by atoms with van der Waals surface area (Å²) in [5.41, 5.74) is -1.28. The summed E-state index contributed by atoms with van der Waals surface area (Å²) in [7, 11) is 2.35. The van der Waals surface area contributed by atoms with Gasteiger partial charge in [-0.05, 0) is 13.8 Å². The van der Waals surface area contributed by atoms with E-state index in [1.54, 1.807) is 20.8 Å². The van der Waals surface area contributed by atoms with Crippen LogP contribution in [0.3, 0.4) is 0 Å². The van der Waals surface area contributed by atoms with Crippen LogP contribution >= 0.6 is 0 Å². The molecule has 10 atom stereocenters. The minimum Gasteiger partial charge on any atom is -0.471 e. The van der Waals surface area contributed by atoms with E-state index in [1.807, 2.05) is 0 Å². The number of esters is 1. The predicted molar refractivity (Wildman–Crippen MR) is 101 cm³/mol. The second kappa shape index (κ2) is 8.91. The van der Waals surface area contributed by atoms with Crippen molar-refractivity contribution in [2.24, 2.45) is 17.8 Å². The molecule has 0 aromatic rings. The summed E-state index contributed by atoms with van der Waals surface area (Å²) >= 11 is 0.